The molecule has 0 bridgehead atoms. The Labute approximate surface area is 112 Å². The lowest BCUT2D eigenvalue weighted by molar-refractivity contribution is 0.0936. The van der Waals surface area contributed by atoms with Crippen LogP contribution in [0, 0.1) is 0 Å². The van der Waals surface area contributed by atoms with Crippen LogP contribution in [0.25, 0.3) is 0 Å². The van der Waals surface area contributed by atoms with Gasteiger partial charge in [-0.2, -0.15) is 0 Å². The summed E-state index contributed by atoms with van der Waals surface area (Å²) < 4.78 is 0. The maximum Gasteiger partial charge on any atom is 0.251 e. The Morgan fingerprint density at radius 3 is 2.89 bits per heavy atom. The van der Waals surface area contributed by atoms with Crippen LogP contribution in [0.4, 0.5) is 0 Å². The number of hydrogen-bond acceptors (Lipinski definition) is 3. The summed E-state index contributed by atoms with van der Waals surface area (Å²) in [7, 11) is 0. The number of carbonyl (C=O) groups excluding carboxylic acids is 1. The van der Waals surface area contributed by atoms with Gasteiger partial charge in [0, 0.05) is 23.9 Å². The summed E-state index contributed by atoms with van der Waals surface area (Å²) in [5.41, 5.74) is 1.33. The van der Waals surface area contributed by atoms with Crippen LogP contribution in [-0.2, 0) is 6.42 Å². The van der Waals surface area contributed by atoms with Gasteiger partial charge in [0.1, 0.15) is 5.15 Å². The summed E-state index contributed by atoms with van der Waals surface area (Å²) in [5.74, 6) is -0.153. The zero-order valence-electron chi connectivity index (χ0n) is 10.7. The van der Waals surface area contributed by atoms with Crippen molar-refractivity contribution in [3.8, 4) is 0 Å². The Morgan fingerprint density at radius 2 is 2.28 bits per heavy atom. The van der Waals surface area contributed by atoms with E-state index < -0.39 is 0 Å². The average molecular weight is 271 g/mol. The second kappa shape index (κ2) is 7.34. The minimum absolute atomic E-state index is 0.0293. The molecule has 1 atom stereocenters. The van der Waals surface area contributed by atoms with Crippen molar-refractivity contribution in [3.63, 3.8) is 0 Å². The quantitative estimate of drug-likeness (QED) is 0.779. The molecule has 1 rings (SSSR count). The zero-order valence-corrected chi connectivity index (χ0v) is 11.5. The molecule has 0 aliphatic heterocycles. The number of nitrogens with zero attached hydrogens (tertiary/aromatic N) is 1. The number of carbonyl (C=O) groups is 1. The minimum Gasteiger partial charge on any atom is -0.396 e. The number of aryl methyl sites for hydroxylation is 1. The minimum atomic E-state index is -0.153. The summed E-state index contributed by atoms with van der Waals surface area (Å²) in [5, 5.41) is 11.9. The molecule has 4 nitrogen and oxygen atoms in total. The van der Waals surface area contributed by atoms with E-state index in [1.807, 2.05) is 13.8 Å². The SMILES string of the molecule is CCc1cc(C(=O)NC(C)CCCO)cc(Cl)n1. The van der Waals surface area contributed by atoms with E-state index in [1.54, 1.807) is 12.1 Å². The first-order valence-electron chi connectivity index (χ1n) is 6.15. The second-order valence-electron chi connectivity index (χ2n) is 4.26. The Bertz CT molecular complexity index is 410. The maximum atomic E-state index is 12.0. The highest BCUT2D eigenvalue weighted by atomic mass is 35.5. The lowest BCUT2D eigenvalue weighted by Gasteiger charge is -2.13. The third-order valence-corrected chi connectivity index (χ3v) is 2.84. The molecule has 1 aromatic rings. The van der Waals surface area contributed by atoms with Crippen LogP contribution in [0.15, 0.2) is 12.1 Å². The van der Waals surface area contributed by atoms with Gasteiger partial charge in [-0.3, -0.25) is 4.79 Å². The molecule has 0 aliphatic rings. The van der Waals surface area contributed by atoms with Crippen molar-refractivity contribution >= 4 is 17.5 Å². The molecule has 0 radical (unpaired) electrons. The number of hydrogen-bond donors (Lipinski definition) is 2. The molecule has 0 fully saturated rings. The highest BCUT2D eigenvalue weighted by Crippen LogP contribution is 2.12. The van der Waals surface area contributed by atoms with Gasteiger partial charge in [0.2, 0.25) is 0 Å². The van der Waals surface area contributed by atoms with Gasteiger partial charge in [-0.1, -0.05) is 18.5 Å². The summed E-state index contributed by atoms with van der Waals surface area (Å²) in [4.78, 5) is 16.1. The third-order valence-electron chi connectivity index (χ3n) is 2.64. The number of amides is 1. The van der Waals surface area contributed by atoms with Crippen molar-refractivity contribution in [2.24, 2.45) is 0 Å². The fourth-order valence-electron chi connectivity index (χ4n) is 1.64. The van der Waals surface area contributed by atoms with E-state index in [0.29, 0.717) is 17.1 Å². The smallest absolute Gasteiger partial charge is 0.251 e. The molecule has 18 heavy (non-hydrogen) atoms. The Morgan fingerprint density at radius 1 is 1.56 bits per heavy atom. The van der Waals surface area contributed by atoms with Gasteiger partial charge in [0.25, 0.3) is 5.91 Å². The van der Waals surface area contributed by atoms with Crippen LogP contribution in [0.2, 0.25) is 5.15 Å². The van der Waals surface area contributed by atoms with Crippen molar-refractivity contribution in [3.05, 3.63) is 28.5 Å². The predicted octanol–water partition coefficient (Wildman–Crippen LogP) is 2.19. The number of halogens is 1. The summed E-state index contributed by atoms with van der Waals surface area (Å²) in [6.07, 6.45) is 2.17. The molecule has 100 valence electrons. The maximum absolute atomic E-state index is 12.0. The lowest BCUT2D eigenvalue weighted by atomic mass is 10.1. The molecule has 2 N–H and O–H groups in total. The molecular formula is C13H19ClN2O2. The number of nitrogens with one attached hydrogen (secondary N) is 1. The first-order chi connectivity index (χ1) is 8.56. The summed E-state index contributed by atoms with van der Waals surface area (Å²) in [6.45, 7) is 4.02. The second-order valence-corrected chi connectivity index (χ2v) is 4.65. The van der Waals surface area contributed by atoms with Crippen molar-refractivity contribution in [1.82, 2.24) is 10.3 Å². The summed E-state index contributed by atoms with van der Waals surface area (Å²) in [6, 6.07) is 3.34. The van der Waals surface area contributed by atoms with Gasteiger partial charge in [0.05, 0.1) is 0 Å². The molecule has 0 saturated carbocycles. The molecule has 0 saturated heterocycles. The molecule has 0 spiro atoms. The number of pyridine rings is 1. The first-order valence-corrected chi connectivity index (χ1v) is 6.52. The van der Waals surface area contributed by atoms with Gasteiger partial charge in [-0.05, 0) is 38.3 Å². The topological polar surface area (TPSA) is 62.2 Å². The first kappa shape index (κ1) is 14.9. The van der Waals surface area contributed by atoms with Crippen molar-refractivity contribution < 1.29 is 9.90 Å². The van der Waals surface area contributed by atoms with Crippen molar-refractivity contribution in [2.75, 3.05) is 6.61 Å². The van der Waals surface area contributed by atoms with E-state index in [2.05, 4.69) is 10.3 Å². The number of aliphatic hydroxyl groups is 1. The fourth-order valence-corrected chi connectivity index (χ4v) is 1.87. The monoisotopic (exact) mass is 270 g/mol. The molecule has 1 unspecified atom stereocenters. The van der Waals surface area contributed by atoms with Crippen LogP contribution in [-0.4, -0.2) is 28.6 Å². The predicted molar refractivity (Wildman–Crippen MR) is 71.9 cm³/mol. The van der Waals surface area contributed by atoms with E-state index in [9.17, 15) is 4.79 Å². The standard InChI is InChI=1S/C13H19ClN2O2/c1-3-11-7-10(8-12(14)16-11)13(18)15-9(2)5-4-6-17/h7-9,17H,3-6H2,1-2H3,(H,15,18). The van der Waals surface area contributed by atoms with E-state index in [0.717, 1.165) is 18.5 Å². The number of rotatable bonds is 6. The average Bonchev–Trinajstić information content (AvgIpc) is 2.35. The molecule has 0 aromatic carbocycles. The van der Waals surface area contributed by atoms with E-state index in [1.165, 1.54) is 0 Å². The van der Waals surface area contributed by atoms with Gasteiger partial charge >= 0.3 is 0 Å². The molecule has 0 aliphatic carbocycles. The number of aromatic nitrogens is 1. The van der Waals surface area contributed by atoms with Gasteiger partial charge < -0.3 is 10.4 Å². The fraction of sp³-hybridized carbons (Fsp3) is 0.538. The van der Waals surface area contributed by atoms with Crippen molar-refractivity contribution in [2.45, 2.75) is 39.2 Å². The zero-order chi connectivity index (χ0) is 13.5. The van der Waals surface area contributed by atoms with Gasteiger partial charge in [-0.15, -0.1) is 0 Å². The molecule has 1 heterocycles. The lowest BCUT2D eigenvalue weighted by Crippen LogP contribution is -2.32. The van der Waals surface area contributed by atoms with Crippen LogP contribution >= 0.6 is 11.6 Å². The van der Waals surface area contributed by atoms with Crippen LogP contribution in [0.5, 0.6) is 0 Å². The van der Waals surface area contributed by atoms with Crippen molar-refractivity contribution in [1.29, 1.82) is 0 Å². The molecule has 5 heteroatoms. The Balaban J connectivity index is 2.68. The molecule has 1 aromatic heterocycles. The Hall–Kier alpha value is -1.13. The molecule has 1 amide bonds. The van der Waals surface area contributed by atoms with Gasteiger partial charge in [-0.25, -0.2) is 4.98 Å². The highest BCUT2D eigenvalue weighted by Gasteiger charge is 2.11. The Kier molecular flexibility index (Phi) is 6.09. The van der Waals surface area contributed by atoms with Crippen LogP contribution in [0.1, 0.15) is 42.7 Å². The number of aliphatic hydroxyl groups excluding tert-OH is 1. The van der Waals surface area contributed by atoms with E-state index >= 15 is 0 Å². The largest absolute Gasteiger partial charge is 0.396 e. The summed E-state index contributed by atoms with van der Waals surface area (Å²) >= 11 is 5.87. The highest BCUT2D eigenvalue weighted by molar-refractivity contribution is 6.29. The van der Waals surface area contributed by atoms with Gasteiger partial charge in [0.15, 0.2) is 0 Å². The molecular weight excluding hydrogens is 252 g/mol. The normalized spacial score (nSPS) is 12.2. The van der Waals surface area contributed by atoms with Crippen LogP contribution in [0.3, 0.4) is 0 Å². The van der Waals surface area contributed by atoms with E-state index in [-0.39, 0.29) is 18.6 Å². The van der Waals surface area contributed by atoms with Crippen LogP contribution < -0.4 is 5.32 Å². The van der Waals surface area contributed by atoms with E-state index in [4.69, 9.17) is 16.7 Å². The third kappa shape index (κ3) is 4.63.